The van der Waals surface area contributed by atoms with E-state index in [4.69, 9.17) is 9.47 Å². The van der Waals surface area contributed by atoms with Gasteiger partial charge in [-0.3, -0.25) is 0 Å². The molecule has 0 atom stereocenters. The SMILES string of the molecule is Oc1c(C(F)(F)F)ccc2c1OCCO2. The summed E-state index contributed by atoms with van der Waals surface area (Å²) in [5, 5.41) is 9.35. The molecular weight excluding hydrogens is 213 g/mol. The van der Waals surface area contributed by atoms with Gasteiger partial charge in [0.15, 0.2) is 11.5 Å². The molecule has 6 heteroatoms. The number of hydrogen-bond donors (Lipinski definition) is 1. The normalized spacial score (nSPS) is 15.1. The molecule has 0 fully saturated rings. The van der Waals surface area contributed by atoms with Gasteiger partial charge in [0.1, 0.15) is 18.8 Å². The van der Waals surface area contributed by atoms with Gasteiger partial charge < -0.3 is 14.6 Å². The van der Waals surface area contributed by atoms with Crippen molar-refractivity contribution in [1.29, 1.82) is 0 Å². The smallest absolute Gasteiger partial charge is 0.420 e. The van der Waals surface area contributed by atoms with Gasteiger partial charge in [-0.1, -0.05) is 0 Å². The molecule has 1 aliphatic rings. The summed E-state index contributed by atoms with van der Waals surface area (Å²) in [7, 11) is 0. The fourth-order valence-electron chi connectivity index (χ4n) is 1.33. The van der Waals surface area contributed by atoms with Crippen LogP contribution in [0.3, 0.4) is 0 Å². The first-order chi connectivity index (χ1) is 7.00. The summed E-state index contributed by atoms with van der Waals surface area (Å²) in [6.45, 7) is 0.389. The molecule has 0 unspecified atom stereocenters. The summed E-state index contributed by atoms with van der Waals surface area (Å²) in [6.07, 6.45) is -4.60. The molecule has 0 radical (unpaired) electrons. The zero-order valence-corrected chi connectivity index (χ0v) is 7.47. The van der Waals surface area contributed by atoms with E-state index < -0.39 is 17.5 Å². The van der Waals surface area contributed by atoms with Crippen LogP contribution in [-0.2, 0) is 6.18 Å². The van der Waals surface area contributed by atoms with Crippen LogP contribution in [0.1, 0.15) is 5.56 Å². The number of halogens is 3. The van der Waals surface area contributed by atoms with Crippen LogP contribution in [0.25, 0.3) is 0 Å². The van der Waals surface area contributed by atoms with Gasteiger partial charge in [0.05, 0.1) is 0 Å². The molecule has 1 N–H and O–H groups in total. The zero-order chi connectivity index (χ0) is 11.1. The second-order valence-electron chi connectivity index (χ2n) is 2.98. The zero-order valence-electron chi connectivity index (χ0n) is 7.47. The van der Waals surface area contributed by atoms with Crippen molar-refractivity contribution >= 4 is 0 Å². The summed E-state index contributed by atoms with van der Waals surface area (Å²) in [6, 6.07) is 1.90. The van der Waals surface area contributed by atoms with Crippen LogP contribution < -0.4 is 9.47 Å². The van der Waals surface area contributed by atoms with E-state index in [0.29, 0.717) is 0 Å². The largest absolute Gasteiger partial charge is 0.504 e. The summed E-state index contributed by atoms with van der Waals surface area (Å²) >= 11 is 0. The van der Waals surface area contributed by atoms with Gasteiger partial charge in [0, 0.05) is 0 Å². The van der Waals surface area contributed by atoms with Crippen molar-refractivity contribution in [2.45, 2.75) is 6.18 Å². The van der Waals surface area contributed by atoms with Crippen LogP contribution in [0.5, 0.6) is 17.2 Å². The standard InChI is InChI=1S/C9H7F3O3/c10-9(11,12)5-1-2-6-8(7(5)13)15-4-3-14-6/h1-2,13H,3-4H2. The van der Waals surface area contributed by atoms with Crippen LogP contribution in [-0.4, -0.2) is 18.3 Å². The Bertz CT molecular complexity index is 387. The minimum atomic E-state index is -4.60. The third-order valence-corrected chi connectivity index (χ3v) is 1.99. The van der Waals surface area contributed by atoms with Crippen LogP contribution in [0.4, 0.5) is 13.2 Å². The molecule has 0 amide bonds. The molecule has 1 aromatic carbocycles. The van der Waals surface area contributed by atoms with Gasteiger partial charge in [-0.25, -0.2) is 0 Å². The highest BCUT2D eigenvalue weighted by Gasteiger charge is 2.36. The lowest BCUT2D eigenvalue weighted by Gasteiger charge is -2.21. The lowest BCUT2D eigenvalue weighted by molar-refractivity contribution is -0.139. The number of phenols is 1. The first-order valence-electron chi connectivity index (χ1n) is 4.19. The molecule has 0 bridgehead atoms. The highest BCUT2D eigenvalue weighted by atomic mass is 19.4. The quantitative estimate of drug-likeness (QED) is 0.728. The van der Waals surface area contributed by atoms with Crippen molar-refractivity contribution in [2.24, 2.45) is 0 Å². The Morgan fingerprint density at radius 3 is 2.47 bits per heavy atom. The molecule has 0 saturated carbocycles. The fraction of sp³-hybridized carbons (Fsp3) is 0.333. The Hall–Kier alpha value is -1.59. The Morgan fingerprint density at radius 2 is 1.80 bits per heavy atom. The number of phenolic OH excluding ortho intramolecular Hbond substituents is 1. The first kappa shape index (κ1) is 9.95. The first-order valence-corrected chi connectivity index (χ1v) is 4.19. The summed E-state index contributed by atoms with van der Waals surface area (Å²) in [4.78, 5) is 0. The van der Waals surface area contributed by atoms with Crippen molar-refractivity contribution in [2.75, 3.05) is 13.2 Å². The number of fused-ring (bicyclic) bond motifs is 1. The Morgan fingerprint density at radius 1 is 1.13 bits per heavy atom. The monoisotopic (exact) mass is 220 g/mol. The molecule has 2 rings (SSSR count). The van der Waals surface area contributed by atoms with E-state index in [2.05, 4.69) is 0 Å². The van der Waals surface area contributed by atoms with E-state index in [1.54, 1.807) is 0 Å². The highest BCUT2D eigenvalue weighted by molar-refractivity contribution is 5.56. The third kappa shape index (κ3) is 1.67. The maximum atomic E-state index is 12.4. The molecule has 0 aliphatic carbocycles. The van der Waals surface area contributed by atoms with Gasteiger partial charge in [0.2, 0.25) is 5.75 Å². The predicted molar refractivity (Wildman–Crippen MR) is 44.1 cm³/mol. The van der Waals surface area contributed by atoms with Crippen LogP contribution in [0, 0.1) is 0 Å². The Balaban J connectivity index is 2.53. The van der Waals surface area contributed by atoms with E-state index in [-0.39, 0.29) is 24.7 Å². The van der Waals surface area contributed by atoms with Crippen molar-refractivity contribution in [1.82, 2.24) is 0 Å². The number of alkyl halides is 3. The fourth-order valence-corrected chi connectivity index (χ4v) is 1.33. The average Bonchev–Trinajstić information content (AvgIpc) is 2.16. The summed E-state index contributed by atoms with van der Waals surface area (Å²) in [5.74, 6) is -1.03. The number of ether oxygens (including phenoxy) is 2. The number of aromatic hydroxyl groups is 1. The minimum Gasteiger partial charge on any atom is -0.504 e. The number of benzene rings is 1. The van der Waals surface area contributed by atoms with Gasteiger partial charge >= 0.3 is 6.18 Å². The van der Waals surface area contributed by atoms with Crippen LogP contribution in [0.15, 0.2) is 12.1 Å². The lowest BCUT2D eigenvalue weighted by Crippen LogP contribution is -2.16. The molecule has 3 nitrogen and oxygen atoms in total. The van der Waals surface area contributed by atoms with E-state index >= 15 is 0 Å². The maximum absolute atomic E-state index is 12.4. The molecule has 15 heavy (non-hydrogen) atoms. The second kappa shape index (κ2) is 3.22. The van der Waals surface area contributed by atoms with E-state index in [1.165, 1.54) is 0 Å². The van der Waals surface area contributed by atoms with Gasteiger partial charge in [0.25, 0.3) is 0 Å². The second-order valence-corrected chi connectivity index (χ2v) is 2.98. The van der Waals surface area contributed by atoms with Crippen LogP contribution >= 0.6 is 0 Å². The minimum absolute atomic E-state index is 0.127. The van der Waals surface area contributed by atoms with Crippen LogP contribution in [0.2, 0.25) is 0 Å². The van der Waals surface area contributed by atoms with Gasteiger partial charge in [-0.05, 0) is 12.1 Å². The van der Waals surface area contributed by atoms with E-state index in [0.717, 1.165) is 12.1 Å². The average molecular weight is 220 g/mol. The summed E-state index contributed by atoms with van der Waals surface area (Å²) < 4.78 is 47.0. The third-order valence-electron chi connectivity index (χ3n) is 1.99. The molecular formula is C9H7F3O3. The maximum Gasteiger partial charge on any atom is 0.420 e. The van der Waals surface area contributed by atoms with Crippen molar-refractivity contribution in [3.05, 3.63) is 17.7 Å². The molecule has 1 aliphatic heterocycles. The summed E-state index contributed by atoms with van der Waals surface area (Å²) in [5.41, 5.74) is -1.12. The Kier molecular flexibility index (Phi) is 2.13. The molecule has 1 heterocycles. The van der Waals surface area contributed by atoms with E-state index in [1.807, 2.05) is 0 Å². The Labute approximate surface area is 83.0 Å². The molecule has 0 saturated heterocycles. The van der Waals surface area contributed by atoms with Crippen molar-refractivity contribution in [3.63, 3.8) is 0 Å². The highest BCUT2D eigenvalue weighted by Crippen LogP contribution is 2.46. The van der Waals surface area contributed by atoms with Crippen molar-refractivity contribution < 1.29 is 27.8 Å². The van der Waals surface area contributed by atoms with Gasteiger partial charge in [-0.2, -0.15) is 13.2 Å². The number of rotatable bonds is 0. The topological polar surface area (TPSA) is 38.7 Å². The van der Waals surface area contributed by atoms with Crippen molar-refractivity contribution in [3.8, 4) is 17.2 Å². The predicted octanol–water partition coefficient (Wildman–Crippen LogP) is 2.18. The molecule has 82 valence electrons. The lowest BCUT2D eigenvalue weighted by atomic mass is 10.1. The molecule has 0 spiro atoms. The van der Waals surface area contributed by atoms with E-state index in [9.17, 15) is 18.3 Å². The molecule has 0 aromatic heterocycles. The molecule has 1 aromatic rings. The number of hydrogen-bond acceptors (Lipinski definition) is 3. The van der Waals surface area contributed by atoms with Gasteiger partial charge in [-0.15, -0.1) is 0 Å².